The summed E-state index contributed by atoms with van der Waals surface area (Å²) in [5, 5.41) is 5.90. The van der Waals surface area contributed by atoms with Gasteiger partial charge in [-0.2, -0.15) is 0 Å². The van der Waals surface area contributed by atoms with Gasteiger partial charge in [0.25, 0.3) is 5.91 Å². The summed E-state index contributed by atoms with van der Waals surface area (Å²) >= 11 is 0. The molecule has 0 unspecified atom stereocenters. The van der Waals surface area contributed by atoms with Gasteiger partial charge in [0.15, 0.2) is 0 Å². The lowest BCUT2D eigenvalue weighted by molar-refractivity contribution is 0.0957. The molecule has 0 saturated heterocycles. The van der Waals surface area contributed by atoms with E-state index in [1.54, 1.807) is 24.5 Å². The highest BCUT2D eigenvalue weighted by Crippen LogP contribution is 2.09. The maximum absolute atomic E-state index is 11.6. The zero-order valence-electron chi connectivity index (χ0n) is 9.66. The van der Waals surface area contributed by atoms with Gasteiger partial charge in [-0.3, -0.25) is 9.78 Å². The highest BCUT2D eigenvalue weighted by atomic mass is 16.1. The Labute approximate surface area is 95.8 Å². The van der Waals surface area contributed by atoms with Crippen LogP contribution in [0.4, 0.5) is 5.69 Å². The molecule has 0 radical (unpaired) electrons. The molecule has 0 aliphatic heterocycles. The normalized spacial score (nSPS) is 9.94. The first-order chi connectivity index (χ1) is 7.63. The van der Waals surface area contributed by atoms with Crippen LogP contribution in [0.15, 0.2) is 31.1 Å². The van der Waals surface area contributed by atoms with E-state index in [2.05, 4.69) is 22.2 Å². The van der Waals surface area contributed by atoms with E-state index < -0.39 is 0 Å². The van der Waals surface area contributed by atoms with Crippen molar-refractivity contribution in [3.63, 3.8) is 0 Å². The number of nitrogens with zero attached hydrogens (tertiary/aromatic N) is 1. The fourth-order valence-corrected chi connectivity index (χ4v) is 1.24. The minimum absolute atomic E-state index is 0.139. The van der Waals surface area contributed by atoms with Gasteiger partial charge in [-0.05, 0) is 19.9 Å². The second kappa shape index (κ2) is 5.90. The van der Waals surface area contributed by atoms with E-state index in [1.165, 1.54) is 0 Å². The standard InChI is InChI=1S/C12H17N3O/c1-4-5-14-12(16)10-6-11(8-13-7-10)15-9(2)3/h4,6-9,15H,1,5H2,2-3H3,(H,14,16). The number of anilines is 1. The molecule has 4 heteroatoms. The Balaban J connectivity index is 2.73. The van der Waals surface area contributed by atoms with Crippen LogP contribution in [0.3, 0.4) is 0 Å². The Kier molecular flexibility index (Phi) is 4.51. The SMILES string of the molecule is C=CCNC(=O)c1cncc(NC(C)C)c1. The van der Waals surface area contributed by atoms with E-state index in [9.17, 15) is 4.79 Å². The van der Waals surface area contributed by atoms with E-state index in [0.29, 0.717) is 18.2 Å². The van der Waals surface area contributed by atoms with Crippen molar-refractivity contribution < 1.29 is 4.79 Å². The van der Waals surface area contributed by atoms with Gasteiger partial charge in [0, 0.05) is 25.0 Å². The third-order valence-electron chi connectivity index (χ3n) is 1.86. The molecule has 4 nitrogen and oxygen atoms in total. The molecule has 0 atom stereocenters. The van der Waals surface area contributed by atoms with Gasteiger partial charge < -0.3 is 10.6 Å². The van der Waals surface area contributed by atoms with Gasteiger partial charge in [-0.1, -0.05) is 6.08 Å². The van der Waals surface area contributed by atoms with Crippen LogP contribution in [0.1, 0.15) is 24.2 Å². The van der Waals surface area contributed by atoms with Crippen LogP contribution in [-0.4, -0.2) is 23.5 Å². The molecule has 16 heavy (non-hydrogen) atoms. The molecular weight excluding hydrogens is 202 g/mol. The van der Waals surface area contributed by atoms with Crippen molar-refractivity contribution in [2.75, 3.05) is 11.9 Å². The lowest BCUT2D eigenvalue weighted by Crippen LogP contribution is -2.23. The first kappa shape index (κ1) is 12.2. The smallest absolute Gasteiger partial charge is 0.253 e. The molecule has 0 fully saturated rings. The molecule has 1 heterocycles. The molecule has 0 spiro atoms. The van der Waals surface area contributed by atoms with Crippen LogP contribution in [0, 0.1) is 0 Å². The zero-order chi connectivity index (χ0) is 12.0. The molecule has 2 N–H and O–H groups in total. The number of rotatable bonds is 5. The molecule has 0 bridgehead atoms. The summed E-state index contributed by atoms with van der Waals surface area (Å²) < 4.78 is 0. The fourth-order valence-electron chi connectivity index (χ4n) is 1.24. The van der Waals surface area contributed by atoms with E-state index in [0.717, 1.165) is 5.69 Å². The minimum Gasteiger partial charge on any atom is -0.382 e. The fraction of sp³-hybridized carbons (Fsp3) is 0.333. The molecule has 86 valence electrons. The van der Waals surface area contributed by atoms with Crippen LogP contribution >= 0.6 is 0 Å². The predicted octanol–water partition coefficient (Wildman–Crippen LogP) is 1.82. The Morgan fingerprint density at radius 3 is 2.94 bits per heavy atom. The molecule has 0 aromatic carbocycles. The van der Waals surface area contributed by atoms with Gasteiger partial charge in [-0.15, -0.1) is 6.58 Å². The number of hydrogen-bond donors (Lipinski definition) is 2. The monoisotopic (exact) mass is 219 g/mol. The van der Waals surface area contributed by atoms with Crippen molar-refractivity contribution in [1.82, 2.24) is 10.3 Å². The molecule has 1 rings (SSSR count). The number of hydrogen-bond acceptors (Lipinski definition) is 3. The van der Waals surface area contributed by atoms with Crippen molar-refractivity contribution >= 4 is 11.6 Å². The summed E-state index contributed by atoms with van der Waals surface area (Å²) in [6.07, 6.45) is 4.88. The molecule has 0 aliphatic rings. The third-order valence-corrected chi connectivity index (χ3v) is 1.86. The Bertz CT molecular complexity index is 374. The average molecular weight is 219 g/mol. The summed E-state index contributed by atoms with van der Waals surface area (Å²) in [5.74, 6) is -0.139. The van der Waals surface area contributed by atoms with Gasteiger partial charge in [0.1, 0.15) is 0 Å². The topological polar surface area (TPSA) is 54.0 Å². The van der Waals surface area contributed by atoms with Gasteiger partial charge in [0.05, 0.1) is 11.3 Å². The number of amides is 1. The summed E-state index contributed by atoms with van der Waals surface area (Å²) in [5.41, 5.74) is 1.40. The number of aromatic nitrogens is 1. The molecule has 1 aromatic rings. The number of pyridine rings is 1. The Morgan fingerprint density at radius 2 is 2.31 bits per heavy atom. The molecule has 0 aliphatic carbocycles. The van der Waals surface area contributed by atoms with E-state index >= 15 is 0 Å². The Hall–Kier alpha value is -1.84. The van der Waals surface area contributed by atoms with Crippen molar-refractivity contribution in [3.05, 3.63) is 36.7 Å². The molecular formula is C12H17N3O. The minimum atomic E-state index is -0.139. The second-order valence-electron chi connectivity index (χ2n) is 3.76. The number of carbonyl (C=O) groups is 1. The first-order valence-corrected chi connectivity index (χ1v) is 5.24. The Morgan fingerprint density at radius 1 is 1.56 bits per heavy atom. The van der Waals surface area contributed by atoms with Crippen molar-refractivity contribution in [2.24, 2.45) is 0 Å². The van der Waals surface area contributed by atoms with Crippen LogP contribution in [0.25, 0.3) is 0 Å². The average Bonchev–Trinajstić information content (AvgIpc) is 2.25. The third kappa shape index (κ3) is 3.73. The second-order valence-corrected chi connectivity index (χ2v) is 3.76. The van der Waals surface area contributed by atoms with Gasteiger partial charge in [-0.25, -0.2) is 0 Å². The maximum Gasteiger partial charge on any atom is 0.253 e. The van der Waals surface area contributed by atoms with Gasteiger partial charge >= 0.3 is 0 Å². The van der Waals surface area contributed by atoms with E-state index in [1.807, 2.05) is 13.8 Å². The van der Waals surface area contributed by atoms with E-state index in [-0.39, 0.29) is 5.91 Å². The predicted molar refractivity (Wildman–Crippen MR) is 65.5 cm³/mol. The van der Waals surface area contributed by atoms with Crippen LogP contribution in [0.2, 0.25) is 0 Å². The maximum atomic E-state index is 11.6. The van der Waals surface area contributed by atoms with Crippen LogP contribution in [0.5, 0.6) is 0 Å². The van der Waals surface area contributed by atoms with E-state index in [4.69, 9.17) is 0 Å². The lowest BCUT2D eigenvalue weighted by atomic mass is 10.2. The summed E-state index contributed by atoms with van der Waals surface area (Å²) in [4.78, 5) is 15.6. The number of nitrogens with one attached hydrogen (secondary N) is 2. The summed E-state index contributed by atoms with van der Waals surface area (Å²) in [7, 11) is 0. The number of carbonyl (C=O) groups excluding carboxylic acids is 1. The van der Waals surface area contributed by atoms with Crippen molar-refractivity contribution in [1.29, 1.82) is 0 Å². The highest BCUT2D eigenvalue weighted by molar-refractivity contribution is 5.94. The molecule has 1 aromatic heterocycles. The summed E-state index contributed by atoms with van der Waals surface area (Å²) in [6, 6.07) is 2.10. The first-order valence-electron chi connectivity index (χ1n) is 5.24. The quantitative estimate of drug-likeness (QED) is 0.743. The zero-order valence-corrected chi connectivity index (χ0v) is 9.66. The van der Waals surface area contributed by atoms with Crippen LogP contribution in [-0.2, 0) is 0 Å². The lowest BCUT2D eigenvalue weighted by Gasteiger charge is -2.10. The largest absolute Gasteiger partial charge is 0.382 e. The van der Waals surface area contributed by atoms with Crippen molar-refractivity contribution in [3.8, 4) is 0 Å². The van der Waals surface area contributed by atoms with Crippen molar-refractivity contribution in [2.45, 2.75) is 19.9 Å². The summed E-state index contributed by atoms with van der Waals surface area (Å²) in [6.45, 7) is 8.06. The van der Waals surface area contributed by atoms with Gasteiger partial charge in [0.2, 0.25) is 0 Å². The van der Waals surface area contributed by atoms with Crippen LogP contribution < -0.4 is 10.6 Å². The molecule has 1 amide bonds. The molecule has 0 saturated carbocycles. The highest BCUT2D eigenvalue weighted by Gasteiger charge is 2.05.